The van der Waals surface area contributed by atoms with E-state index in [9.17, 15) is 4.79 Å². The number of methoxy groups -OCH3 is 1. The Hall–Kier alpha value is -2.37. The minimum atomic E-state index is -0.415. The van der Waals surface area contributed by atoms with E-state index in [2.05, 4.69) is 35.6 Å². The van der Waals surface area contributed by atoms with Crippen molar-refractivity contribution in [2.45, 2.75) is 38.1 Å². The molecule has 1 atom stereocenters. The summed E-state index contributed by atoms with van der Waals surface area (Å²) in [5.74, 6) is 1.01. The maximum Gasteiger partial charge on any atom is 0.227 e. The second kappa shape index (κ2) is 9.63. The first-order valence-corrected chi connectivity index (χ1v) is 10.9. The average molecular weight is 410 g/mol. The van der Waals surface area contributed by atoms with Crippen LogP contribution in [0.2, 0.25) is 0 Å². The van der Waals surface area contributed by atoms with E-state index >= 15 is 0 Å². The third-order valence-corrected chi connectivity index (χ3v) is 6.34. The van der Waals surface area contributed by atoms with E-state index in [1.807, 2.05) is 18.2 Å². The molecule has 2 aliphatic heterocycles. The van der Waals surface area contributed by atoms with E-state index < -0.39 is 5.41 Å². The van der Waals surface area contributed by atoms with E-state index in [0.29, 0.717) is 19.8 Å². The van der Waals surface area contributed by atoms with Crippen molar-refractivity contribution < 1.29 is 19.0 Å². The number of nitrogens with one attached hydrogen (secondary N) is 1. The molecule has 2 aromatic rings. The molecule has 0 saturated carbocycles. The summed E-state index contributed by atoms with van der Waals surface area (Å²) in [6.07, 6.45) is 4.22. The van der Waals surface area contributed by atoms with Crippen LogP contribution in [0.3, 0.4) is 0 Å². The molecule has 0 bridgehead atoms. The molecular formula is C25H31NO4. The Bertz CT molecular complexity index is 836. The SMILES string of the molecule is COc1ccccc1-c1ccc(CC2(C(=O)NC3CCCOC3)CCOCC2)cc1. The van der Waals surface area contributed by atoms with Gasteiger partial charge < -0.3 is 19.5 Å². The van der Waals surface area contributed by atoms with Gasteiger partial charge in [0.05, 0.1) is 25.2 Å². The van der Waals surface area contributed by atoms with Crippen molar-refractivity contribution in [2.75, 3.05) is 33.5 Å². The Morgan fingerprint density at radius 2 is 1.83 bits per heavy atom. The molecular weight excluding hydrogens is 378 g/mol. The van der Waals surface area contributed by atoms with Gasteiger partial charge in [-0.05, 0) is 49.3 Å². The molecule has 2 saturated heterocycles. The monoisotopic (exact) mass is 409 g/mol. The maximum atomic E-state index is 13.3. The Morgan fingerprint density at radius 3 is 2.53 bits per heavy atom. The van der Waals surface area contributed by atoms with Crippen LogP contribution in [0.15, 0.2) is 48.5 Å². The summed E-state index contributed by atoms with van der Waals surface area (Å²) in [5.41, 5.74) is 2.94. The highest BCUT2D eigenvalue weighted by atomic mass is 16.5. The predicted octanol–water partition coefficient (Wildman–Crippen LogP) is 4.00. The Morgan fingerprint density at radius 1 is 1.07 bits per heavy atom. The van der Waals surface area contributed by atoms with Crippen molar-refractivity contribution >= 4 is 5.91 Å². The van der Waals surface area contributed by atoms with Crippen LogP contribution < -0.4 is 10.1 Å². The van der Waals surface area contributed by atoms with Crippen LogP contribution in [0.1, 0.15) is 31.2 Å². The lowest BCUT2D eigenvalue weighted by Gasteiger charge is -2.37. The fourth-order valence-electron chi connectivity index (χ4n) is 4.52. The zero-order valence-corrected chi connectivity index (χ0v) is 17.7. The van der Waals surface area contributed by atoms with E-state index in [1.165, 1.54) is 5.56 Å². The van der Waals surface area contributed by atoms with E-state index in [4.69, 9.17) is 14.2 Å². The maximum absolute atomic E-state index is 13.3. The van der Waals surface area contributed by atoms with Crippen LogP contribution >= 0.6 is 0 Å². The summed E-state index contributed by atoms with van der Waals surface area (Å²) in [6, 6.07) is 16.7. The summed E-state index contributed by atoms with van der Waals surface area (Å²) in [5, 5.41) is 3.27. The molecule has 1 unspecified atom stereocenters. The number of carbonyl (C=O) groups is 1. The van der Waals surface area contributed by atoms with Gasteiger partial charge in [-0.3, -0.25) is 4.79 Å². The van der Waals surface area contributed by atoms with Gasteiger partial charge in [-0.15, -0.1) is 0 Å². The number of ether oxygens (including phenoxy) is 3. The Labute approximate surface area is 178 Å². The van der Waals surface area contributed by atoms with Crippen molar-refractivity contribution in [1.82, 2.24) is 5.32 Å². The molecule has 0 spiro atoms. The smallest absolute Gasteiger partial charge is 0.227 e. The number of carbonyl (C=O) groups excluding carboxylic acids is 1. The van der Waals surface area contributed by atoms with Crippen molar-refractivity contribution in [3.05, 3.63) is 54.1 Å². The highest BCUT2D eigenvalue weighted by Gasteiger charge is 2.41. The molecule has 0 aliphatic carbocycles. The van der Waals surface area contributed by atoms with Gasteiger partial charge in [0.1, 0.15) is 5.75 Å². The summed E-state index contributed by atoms with van der Waals surface area (Å²) in [4.78, 5) is 13.3. The summed E-state index contributed by atoms with van der Waals surface area (Å²) in [6.45, 7) is 2.68. The molecule has 2 heterocycles. The molecule has 5 nitrogen and oxygen atoms in total. The van der Waals surface area contributed by atoms with Crippen molar-refractivity contribution in [1.29, 1.82) is 0 Å². The minimum absolute atomic E-state index is 0.124. The molecule has 2 fully saturated rings. The highest BCUT2D eigenvalue weighted by molar-refractivity contribution is 5.83. The van der Waals surface area contributed by atoms with E-state index in [0.717, 1.165) is 55.6 Å². The highest BCUT2D eigenvalue weighted by Crippen LogP contribution is 2.36. The van der Waals surface area contributed by atoms with Crippen LogP contribution in [-0.4, -0.2) is 45.5 Å². The predicted molar refractivity (Wildman–Crippen MR) is 117 cm³/mol. The Kier molecular flexibility index (Phi) is 6.70. The zero-order valence-electron chi connectivity index (χ0n) is 17.7. The van der Waals surface area contributed by atoms with Gasteiger partial charge in [0.2, 0.25) is 5.91 Å². The van der Waals surface area contributed by atoms with Gasteiger partial charge in [0.25, 0.3) is 0 Å². The topological polar surface area (TPSA) is 56.8 Å². The number of rotatable bonds is 6. The second-order valence-corrected chi connectivity index (χ2v) is 8.35. The number of benzene rings is 2. The van der Waals surface area contributed by atoms with E-state index in [-0.39, 0.29) is 11.9 Å². The molecule has 30 heavy (non-hydrogen) atoms. The molecule has 1 N–H and O–H groups in total. The van der Waals surface area contributed by atoms with Gasteiger partial charge >= 0.3 is 0 Å². The third-order valence-electron chi connectivity index (χ3n) is 6.34. The summed E-state index contributed by atoms with van der Waals surface area (Å²) < 4.78 is 16.6. The van der Waals surface area contributed by atoms with Gasteiger partial charge in [0.15, 0.2) is 0 Å². The normalized spacial score (nSPS) is 21.0. The zero-order chi connectivity index (χ0) is 20.8. The summed E-state index contributed by atoms with van der Waals surface area (Å²) >= 11 is 0. The quantitative estimate of drug-likeness (QED) is 0.784. The number of hydrogen-bond acceptors (Lipinski definition) is 4. The number of hydrogen-bond donors (Lipinski definition) is 1. The van der Waals surface area contributed by atoms with Crippen molar-refractivity contribution in [2.24, 2.45) is 5.41 Å². The lowest BCUT2D eigenvalue weighted by molar-refractivity contribution is -0.138. The lowest BCUT2D eigenvalue weighted by Crippen LogP contribution is -2.51. The minimum Gasteiger partial charge on any atom is -0.496 e. The van der Waals surface area contributed by atoms with Gasteiger partial charge in [0, 0.05) is 25.4 Å². The third kappa shape index (κ3) is 4.68. The molecule has 5 heteroatoms. The lowest BCUT2D eigenvalue weighted by atomic mass is 9.74. The fourth-order valence-corrected chi connectivity index (χ4v) is 4.52. The van der Waals surface area contributed by atoms with Crippen LogP contribution in [0.4, 0.5) is 0 Å². The van der Waals surface area contributed by atoms with Gasteiger partial charge in [-0.2, -0.15) is 0 Å². The van der Waals surface area contributed by atoms with Crippen LogP contribution in [0, 0.1) is 5.41 Å². The Balaban J connectivity index is 1.51. The van der Waals surface area contributed by atoms with Gasteiger partial charge in [-0.25, -0.2) is 0 Å². The average Bonchev–Trinajstić information content (AvgIpc) is 2.81. The first kappa shape index (κ1) is 20.9. The second-order valence-electron chi connectivity index (χ2n) is 8.35. The largest absolute Gasteiger partial charge is 0.496 e. The summed E-state index contributed by atoms with van der Waals surface area (Å²) in [7, 11) is 1.69. The first-order valence-electron chi connectivity index (χ1n) is 10.9. The fraction of sp³-hybridized carbons (Fsp3) is 0.480. The van der Waals surface area contributed by atoms with Crippen molar-refractivity contribution in [3.8, 4) is 16.9 Å². The molecule has 0 aromatic heterocycles. The van der Waals surface area contributed by atoms with Crippen LogP contribution in [0.5, 0.6) is 5.75 Å². The molecule has 0 radical (unpaired) electrons. The first-order chi connectivity index (χ1) is 14.7. The van der Waals surface area contributed by atoms with Crippen molar-refractivity contribution in [3.63, 3.8) is 0 Å². The van der Waals surface area contributed by atoms with Crippen LogP contribution in [-0.2, 0) is 20.7 Å². The number of para-hydroxylation sites is 1. The van der Waals surface area contributed by atoms with E-state index in [1.54, 1.807) is 7.11 Å². The number of amides is 1. The molecule has 160 valence electrons. The molecule has 2 aromatic carbocycles. The standard InChI is InChI=1S/C25H31NO4/c1-28-23-7-3-2-6-22(23)20-10-8-19(9-11-20)17-25(12-15-29-16-13-25)24(27)26-21-5-4-14-30-18-21/h2-3,6-11,21H,4-5,12-18H2,1H3,(H,26,27). The van der Waals surface area contributed by atoms with Gasteiger partial charge in [-0.1, -0.05) is 42.5 Å². The van der Waals surface area contributed by atoms with Crippen LogP contribution in [0.25, 0.3) is 11.1 Å². The molecule has 1 amide bonds. The molecule has 2 aliphatic rings. The molecule has 4 rings (SSSR count).